The van der Waals surface area contributed by atoms with Crippen LogP contribution < -0.4 is 0 Å². The second-order valence-corrected chi connectivity index (χ2v) is 5.63. The summed E-state index contributed by atoms with van der Waals surface area (Å²) in [5, 5.41) is 12.0. The average Bonchev–Trinajstić information content (AvgIpc) is 3.16. The summed E-state index contributed by atoms with van der Waals surface area (Å²) in [4.78, 5) is 2.32. The molecule has 0 aliphatic rings. The van der Waals surface area contributed by atoms with Gasteiger partial charge in [0.2, 0.25) is 11.8 Å². The fourth-order valence-electron chi connectivity index (χ4n) is 1.46. The fourth-order valence-corrected chi connectivity index (χ4v) is 2.70. The quantitative estimate of drug-likeness (QED) is 0.707. The molecular weight excluding hydrogens is 276 g/mol. The van der Waals surface area contributed by atoms with Crippen molar-refractivity contribution in [1.29, 1.82) is 0 Å². The van der Waals surface area contributed by atoms with Crippen molar-refractivity contribution in [1.82, 2.24) is 10.2 Å². The van der Waals surface area contributed by atoms with E-state index in [-0.39, 0.29) is 0 Å². The molecule has 0 aromatic carbocycles. The van der Waals surface area contributed by atoms with Crippen LogP contribution in [0.3, 0.4) is 0 Å². The average molecular weight is 286 g/mol. The number of hydrogen-bond acceptors (Lipinski definition) is 5. The maximum Gasteiger partial charge on any atom is 0.241 e. The molecule has 0 fully saturated rings. The van der Waals surface area contributed by atoms with Crippen molar-refractivity contribution in [3.8, 4) is 0 Å². The second-order valence-electron chi connectivity index (χ2n) is 3.68. The normalized spacial score (nSPS) is 11.8. The topological polar surface area (TPSA) is 38.9 Å². The SMILES string of the molecule is C(=C\c1cccs1)/c1nnc(/C=C/c2cccs2)o1. The van der Waals surface area contributed by atoms with Gasteiger partial charge in [-0.25, -0.2) is 0 Å². The maximum absolute atomic E-state index is 5.49. The van der Waals surface area contributed by atoms with E-state index in [4.69, 9.17) is 4.42 Å². The highest BCUT2D eigenvalue weighted by Gasteiger charge is 1.99. The molecule has 0 bridgehead atoms. The molecule has 0 atom stereocenters. The van der Waals surface area contributed by atoms with Gasteiger partial charge < -0.3 is 4.42 Å². The van der Waals surface area contributed by atoms with Crippen LogP contribution in [0.25, 0.3) is 24.3 Å². The Morgan fingerprint density at radius 1 is 0.789 bits per heavy atom. The fraction of sp³-hybridized carbons (Fsp3) is 0. The minimum Gasteiger partial charge on any atom is -0.417 e. The molecule has 3 aromatic rings. The third kappa shape index (κ3) is 3.27. The molecule has 0 aliphatic carbocycles. The van der Waals surface area contributed by atoms with Crippen LogP contribution in [0, 0.1) is 0 Å². The Kier molecular flexibility index (Phi) is 3.67. The third-order valence-electron chi connectivity index (χ3n) is 2.32. The Morgan fingerprint density at radius 3 is 1.74 bits per heavy atom. The highest BCUT2D eigenvalue weighted by atomic mass is 32.1. The predicted octanol–water partition coefficient (Wildman–Crippen LogP) is 4.53. The van der Waals surface area contributed by atoms with Crippen LogP contribution in [0.2, 0.25) is 0 Å². The molecule has 0 saturated carbocycles. The Labute approximate surface area is 118 Å². The lowest BCUT2D eigenvalue weighted by molar-refractivity contribution is 0.533. The lowest BCUT2D eigenvalue weighted by atomic mass is 10.4. The van der Waals surface area contributed by atoms with Gasteiger partial charge >= 0.3 is 0 Å². The van der Waals surface area contributed by atoms with Crippen molar-refractivity contribution < 1.29 is 4.42 Å². The second kappa shape index (κ2) is 5.77. The molecule has 0 N–H and O–H groups in total. The summed E-state index contributed by atoms with van der Waals surface area (Å²) in [5.41, 5.74) is 0. The van der Waals surface area contributed by atoms with E-state index >= 15 is 0 Å². The van der Waals surface area contributed by atoms with Gasteiger partial charge in [0.05, 0.1) is 0 Å². The molecule has 0 saturated heterocycles. The molecule has 3 aromatic heterocycles. The van der Waals surface area contributed by atoms with E-state index in [1.165, 1.54) is 0 Å². The van der Waals surface area contributed by atoms with Crippen LogP contribution >= 0.6 is 22.7 Å². The Hall–Kier alpha value is -1.98. The summed E-state index contributed by atoms with van der Waals surface area (Å²) >= 11 is 3.34. The van der Waals surface area contributed by atoms with Crippen LogP contribution in [0.1, 0.15) is 21.5 Å². The first-order valence-electron chi connectivity index (χ1n) is 5.67. The van der Waals surface area contributed by atoms with E-state index in [1.807, 2.05) is 59.3 Å². The van der Waals surface area contributed by atoms with E-state index in [9.17, 15) is 0 Å². The zero-order valence-electron chi connectivity index (χ0n) is 9.89. The first kappa shape index (κ1) is 12.1. The van der Waals surface area contributed by atoms with E-state index in [2.05, 4.69) is 10.2 Å². The van der Waals surface area contributed by atoms with Gasteiger partial charge in [-0.2, -0.15) is 0 Å². The first-order valence-corrected chi connectivity index (χ1v) is 7.43. The van der Waals surface area contributed by atoms with Gasteiger partial charge in [0.15, 0.2) is 0 Å². The smallest absolute Gasteiger partial charge is 0.241 e. The van der Waals surface area contributed by atoms with Crippen molar-refractivity contribution in [2.24, 2.45) is 0 Å². The summed E-state index contributed by atoms with van der Waals surface area (Å²) in [6.45, 7) is 0. The van der Waals surface area contributed by atoms with Gasteiger partial charge in [0.25, 0.3) is 0 Å². The van der Waals surface area contributed by atoms with Crippen molar-refractivity contribution >= 4 is 47.0 Å². The molecule has 0 radical (unpaired) electrons. The number of rotatable bonds is 4. The number of aromatic nitrogens is 2. The summed E-state index contributed by atoms with van der Waals surface area (Å²) in [5.74, 6) is 1.03. The lowest BCUT2D eigenvalue weighted by Gasteiger charge is -1.83. The highest BCUT2D eigenvalue weighted by Crippen LogP contribution is 2.15. The molecule has 0 spiro atoms. The highest BCUT2D eigenvalue weighted by molar-refractivity contribution is 7.11. The van der Waals surface area contributed by atoms with Gasteiger partial charge in [-0.15, -0.1) is 32.9 Å². The molecule has 0 amide bonds. The van der Waals surface area contributed by atoms with Crippen molar-refractivity contribution in [3.05, 3.63) is 56.6 Å². The van der Waals surface area contributed by atoms with Crippen molar-refractivity contribution in [3.63, 3.8) is 0 Å². The van der Waals surface area contributed by atoms with E-state index in [0.717, 1.165) is 9.75 Å². The molecule has 94 valence electrons. The number of nitrogens with zero attached hydrogens (tertiary/aromatic N) is 2. The number of hydrogen-bond donors (Lipinski definition) is 0. The van der Waals surface area contributed by atoms with E-state index in [1.54, 1.807) is 22.7 Å². The number of thiophene rings is 2. The molecule has 0 aliphatic heterocycles. The minimum atomic E-state index is 0.513. The lowest BCUT2D eigenvalue weighted by Crippen LogP contribution is -1.71. The molecule has 0 unspecified atom stereocenters. The summed E-state index contributed by atoms with van der Waals surface area (Å²) in [7, 11) is 0. The standard InChI is InChI=1S/C14H10N2OS2/c1-3-11(18-9-1)5-7-13-15-16-14(17-13)8-6-12-4-2-10-19-12/h1-10H/b7-5+,8-6+. The molecule has 19 heavy (non-hydrogen) atoms. The van der Waals surface area contributed by atoms with Crippen LogP contribution in [-0.2, 0) is 0 Å². The molecule has 3 nitrogen and oxygen atoms in total. The van der Waals surface area contributed by atoms with Crippen molar-refractivity contribution in [2.45, 2.75) is 0 Å². The molecule has 3 rings (SSSR count). The van der Waals surface area contributed by atoms with E-state index < -0.39 is 0 Å². The molecule has 3 heterocycles. The van der Waals surface area contributed by atoms with Gasteiger partial charge in [-0.3, -0.25) is 0 Å². The maximum atomic E-state index is 5.49. The summed E-state index contributed by atoms with van der Waals surface area (Å²) in [6, 6.07) is 8.09. The van der Waals surface area contributed by atoms with Gasteiger partial charge in [-0.05, 0) is 35.0 Å². The zero-order valence-corrected chi connectivity index (χ0v) is 11.5. The minimum absolute atomic E-state index is 0.513. The summed E-state index contributed by atoms with van der Waals surface area (Å²) in [6.07, 6.45) is 7.57. The van der Waals surface area contributed by atoms with E-state index in [0.29, 0.717) is 11.8 Å². The monoisotopic (exact) mass is 286 g/mol. The van der Waals surface area contributed by atoms with Crippen LogP contribution in [-0.4, -0.2) is 10.2 Å². The van der Waals surface area contributed by atoms with Crippen LogP contribution in [0.15, 0.2) is 39.4 Å². The Bertz CT molecular complexity index is 620. The van der Waals surface area contributed by atoms with Crippen molar-refractivity contribution in [2.75, 3.05) is 0 Å². The van der Waals surface area contributed by atoms with Gasteiger partial charge in [0.1, 0.15) is 0 Å². The first-order chi connectivity index (χ1) is 9.40. The zero-order chi connectivity index (χ0) is 12.9. The van der Waals surface area contributed by atoms with Gasteiger partial charge in [0, 0.05) is 21.9 Å². The Morgan fingerprint density at radius 2 is 1.32 bits per heavy atom. The van der Waals surface area contributed by atoms with Gasteiger partial charge in [-0.1, -0.05) is 12.1 Å². The Balaban J connectivity index is 1.69. The molecular formula is C14H10N2OS2. The van der Waals surface area contributed by atoms with Crippen LogP contribution in [0.4, 0.5) is 0 Å². The largest absolute Gasteiger partial charge is 0.417 e. The summed E-state index contributed by atoms with van der Waals surface area (Å²) < 4.78 is 5.49. The molecule has 5 heteroatoms. The van der Waals surface area contributed by atoms with Crippen LogP contribution in [0.5, 0.6) is 0 Å². The predicted molar refractivity (Wildman–Crippen MR) is 80.8 cm³/mol. The third-order valence-corrected chi connectivity index (χ3v) is 4.00.